The van der Waals surface area contributed by atoms with E-state index in [1.165, 1.54) is 6.26 Å². The zero-order valence-corrected chi connectivity index (χ0v) is 16.5. The van der Waals surface area contributed by atoms with Crippen LogP contribution in [-0.2, 0) is 22.0 Å². The van der Waals surface area contributed by atoms with Gasteiger partial charge in [-0.3, -0.25) is 4.79 Å². The SMILES string of the molecule is CS(=O)(=O)Cc1cccc(C(=O)N[C@H](Cc2ccccc2)c2ccccc2)c1. The monoisotopic (exact) mass is 393 g/mol. The van der Waals surface area contributed by atoms with Crippen LogP contribution in [0.1, 0.15) is 33.1 Å². The summed E-state index contributed by atoms with van der Waals surface area (Å²) in [6.07, 6.45) is 1.85. The number of carbonyl (C=O) groups excluding carboxylic acids is 1. The molecule has 0 unspecified atom stereocenters. The van der Waals surface area contributed by atoms with Crippen LogP contribution >= 0.6 is 0 Å². The molecule has 0 bridgehead atoms. The van der Waals surface area contributed by atoms with Crippen molar-refractivity contribution in [3.63, 3.8) is 0 Å². The number of hydrogen-bond acceptors (Lipinski definition) is 3. The Balaban J connectivity index is 1.82. The van der Waals surface area contributed by atoms with Crippen molar-refractivity contribution in [2.24, 2.45) is 0 Å². The van der Waals surface area contributed by atoms with Crippen molar-refractivity contribution in [2.45, 2.75) is 18.2 Å². The second-order valence-corrected chi connectivity index (χ2v) is 9.04. The first-order valence-electron chi connectivity index (χ1n) is 9.07. The van der Waals surface area contributed by atoms with E-state index in [1.54, 1.807) is 24.3 Å². The number of nitrogens with one attached hydrogen (secondary N) is 1. The summed E-state index contributed by atoms with van der Waals surface area (Å²) in [6.45, 7) is 0. The van der Waals surface area contributed by atoms with E-state index in [0.29, 0.717) is 17.5 Å². The largest absolute Gasteiger partial charge is 0.345 e. The lowest BCUT2D eigenvalue weighted by atomic mass is 9.98. The van der Waals surface area contributed by atoms with Gasteiger partial charge in [-0.25, -0.2) is 8.42 Å². The fraction of sp³-hybridized carbons (Fsp3) is 0.174. The minimum atomic E-state index is -3.16. The molecule has 0 aliphatic carbocycles. The molecule has 0 spiro atoms. The summed E-state index contributed by atoms with van der Waals surface area (Å²) >= 11 is 0. The van der Waals surface area contributed by atoms with Gasteiger partial charge in [-0.15, -0.1) is 0 Å². The first-order valence-corrected chi connectivity index (χ1v) is 11.1. The predicted octanol–water partition coefficient (Wildman–Crippen LogP) is 3.95. The van der Waals surface area contributed by atoms with Crippen molar-refractivity contribution in [3.8, 4) is 0 Å². The average Bonchev–Trinajstić information content (AvgIpc) is 2.68. The van der Waals surface area contributed by atoms with E-state index in [0.717, 1.165) is 11.1 Å². The number of rotatable bonds is 7. The smallest absolute Gasteiger partial charge is 0.251 e. The van der Waals surface area contributed by atoms with Gasteiger partial charge in [-0.05, 0) is 35.2 Å². The minimum Gasteiger partial charge on any atom is -0.345 e. The highest BCUT2D eigenvalue weighted by Crippen LogP contribution is 2.19. The van der Waals surface area contributed by atoms with Crippen molar-refractivity contribution in [3.05, 3.63) is 107 Å². The third-order valence-corrected chi connectivity index (χ3v) is 5.27. The van der Waals surface area contributed by atoms with Gasteiger partial charge >= 0.3 is 0 Å². The second-order valence-electron chi connectivity index (χ2n) is 6.90. The molecule has 1 N–H and O–H groups in total. The molecule has 3 aromatic carbocycles. The van der Waals surface area contributed by atoms with Crippen molar-refractivity contribution >= 4 is 15.7 Å². The molecule has 0 aliphatic heterocycles. The van der Waals surface area contributed by atoms with Crippen molar-refractivity contribution < 1.29 is 13.2 Å². The predicted molar refractivity (Wildman–Crippen MR) is 112 cm³/mol. The number of sulfone groups is 1. The maximum absolute atomic E-state index is 12.9. The third-order valence-electron chi connectivity index (χ3n) is 4.41. The Morgan fingerprint density at radius 1 is 0.857 bits per heavy atom. The van der Waals surface area contributed by atoms with Crippen LogP contribution in [0.2, 0.25) is 0 Å². The molecule has 0 radical (unpaired) electrons. The molecule has 5 heteroatoms. The van der Waals surface area contributed by atoms with Crippen LogP contribution in [0.5, 0.6) is 0 Å². The van der Waals surface area contributed by atoms with Crippen LogP contribution in [0.15, 0.2) is 84.9 Å². The molecule has 1 amide bonds. The topological polar surface area (TPSA) is 63.2 Å². The first kappa shape index (κ1) is 19.8. The summed E-state index contributed by atoms with van der Waals surface area (Å²) in [5.74, 6) is -0.305. The molecule has 0 saturated carbocycles. The van der Waals surface area contributed by atoms with Crippen LogP contribution in [0.25, 0.3) is 0 Å². The Bertz CT molecular complexity index is 1030. The fourth-order valence-electron chi connectivity index (χ4n) is 3.13. The second kappa shape index (κ2) is 8.85. The maximum atomic E-state index is 12.9. The summed E-state index contributed by atoms with van der Waals surface area (Å²) < 4.78 is 23.1. The molecule has 1 atom stereocenters. The van der Waals surface area contributed by atoms with Gasteiger partial charge in [0.25, 0.3) is 5.91 Å². The van der Waals surface area contributed by atoms with E-state index in [-0.39, 0.29) is 17.7 Å². The molecule has 3 rings (SSSR count). The highest BCUT2D eigenvalue weighted by Gasteiger charge is 2.17. The lowest BCUT2D eigenvalue weighted by Crippen LogP contribution is -2.30. The lowest BCUT2D eigenvalue weighted by molar-refractivity contribution is 0.0936. The van der Waals surface area contributed by atoms with Gasteiger partial charge in [0, 0.05) is 11.8 Å². The zero-order valence-electron chi connectivity index (χ0n) is 15.7. The lowest BCUT2D eigenvalue weighted by Gasteiger charge is -2.20. The molecule has 0 aliphatic rings. The minimum absolute atomic E-state index is 0.0831. The van der Waals surface area contributed by atoms with Gasteiger partial charge in [-0.1, -0.05) is 72.8 Å². The van der Waals surface area contributed by atoms with Gasteiger partial charge in [0.2, 0.25) is 0 Å². The Kier molecular flexibility index (Phi) is 6.26. The Labute approximate surface area is 166 Å². The van der Waals surface area contributed by atoms with Gasteiger partial charge in [-0.2, -0.15) is 0 Å². The summed E-state index contributed by atoms with van der Waals surface area (Å²) in [5.41, 5.74) is 3.21. The van der Waals surface area contributed by atoms with Gasteiger partial charge in [0.05, 0.1) is 11.8 Å². The van der Waals surface area contributed by atoms with Crippen LogP contribution in [0, 0.1) is 0 Å². The number of benzene rings is 3. The van der Waals surface area contributed by atoms with E-state index in [4.69, 9.17) is 0 Å². The molecular formula is C23H23NO3S. The van der Waals surface area contributed by atoms with Crippen LogP contribution in [0.3, 0.4) is 0 Å². The highest BCUT2D eigenvalue weighted by atomic mass is 32.2. The van der Waals surface area contributed by atoms with E-state index in [1.807, 2.05) is 60.7 Å². The van der Waals surface area contributed by atoms with Crippen molar-refractivity contribution in [2.75, 3.05) is 6.26 Å². The van der Waals surface area contributed by atoms with E-state index in [9.17, 15) is 13.2 Å². The molecule has 0 saturated heterocycles. The summed E-state index contributed by atoms with van der Waals surface area (Å²) in [5, 5.41) is 3.10. The van der Waals surface area contributed by atoms with Crippen LogP contribution in [-0.4, -0.2) is 20.6 Å². The molecule has 28 heavy (non-hydrogen) atoms. The third kappa shape index (κ3) is 5.79. The Morgan fingerprint density at radius 3 is 2.11 bits per heavy atom. The average molecular weight is 394 g/mol. The molecule has 0 fully saturated rings. The van der Waals surface area contributed by atoms with Crippen LogP contribution in [0.4, 0.5) is 0 Å². The molecule has 0 heterocycles. The molecule has 3 aromatic rings. The molecule has 0 aromatic heterocycles. The van der Waals surface area contributed by atoms with Gasteiger partial charge < -0.3 is 5.32 Å². The number of hydrogen-bond donors (Lipinski definition) is 1. The summed E-state index contributed by atoms with van der Waals surface area (Å²) in [7, 11) is -3.16. The van der Waals surface area contributed by atoms with Crippen LogP contribution < -0.4 is 5.32 Å². The van der Waals surface area contributed by atoms with Gasteiger partial charge in [0.1, 0.15) is 0 Å². The fourth-order valence-corrected chi connectivity index (χ4v) is 3.92. The number of amides is 1. The zero-order chi connectivity index (χ0) is 20.0. The summed E-state index contributed by atoms with van der Waals surface area (Å²) in [4.78, 5) is 12.9. The quantitative estimate of drug-likeness (QED) is 0.661. The Morgan fingerprint density at radius 2 is 1.46 bits per heavy atom. The maximum Gasteiger partial charge on any atom is 0.251 e. The highest BCUT2D eigenvalue weighted by molar-refractivity contribution is 7.89. The van der Waals surface area contributed by atoms with E-state index >= 15 is 0 Å². The summed E-state index contributed by atoms with van der Waals surface area (Å²) in [6, 6.07) is 26.4. The van der Waals surface area contributed by atoms with Crippen molar-refractivity contribution in [1.29, 1.82) is 0 Å². The number of carbonyl (C=O) groups is 1. The first-order chi connectivity index (χ1) is 13.4. The van der Waals surface area contributed by atoms with Crippen molar-refractivity contribution in [1.82, 2.24) is 5.32 Å². The van der Waals surface area contributed by atoms with E-state index in [2.05, 4.69) is 5.32 Å². The van der Waals surface area contributed by atoms with E-state index < -0.39 is 9.84 Å². The normalized spacial score (nSPS) is 12.3. The molecular weight excluding hydrogens is 370 g/mol. The molecule has 144 valence electrons. The molecule has 4 nitrogen and oxygen atoms in total. The van der Waals surface area contributed by atoms with Gasteiger partial charge in [0.15, 0.2) is 9.84 Å². The Hall–Kier alpha value is -2.92. The standard InChI is InChI=1S/C23H23NO3S/c1-28(26,27)17-19-11-8-14-21(15-19)23(25)24-22(20-12-6-3-7-13-20)16-18-9-4-2-5-10-18/h2-15,22H,16-17H2,1H3,(H,24,25)/t22-/m1/s1.